The number of aliphatic hydroxyl groups is 1. The third kappa shape index (κ3) is 8.98. The van der Waals surface area contributed by atoms with Crippen LogP contribution in [-0.4, -0.2) is 17.4 Å². The Morgan fingerprint density at radius 2 is 1.43 bits per heavy atom. The first-order valence-electron chi connectivity index (χ1n) is 21.0. The Hall–Kier alpha value is -0.250. The van der Waals surface area contributed by atoms with Crippen LogP contribution < -0.4 is 0 Å². The lowest BCUT2D eigenvalue weighted by Gasteiger charge is -2.48. The van der Waals surface area contributed by atoms with Crippen LogP contribution in [0, 0.1) is 88.3 Å². The van der Waals surface area contributed by atoms with Gasteiger partial charge in [-0.05, 0) is 153 Å². The maximum Gasteiger partial charge on any atom is 0.392 e. The van der Waals surface area contributed by atoms with Crippen molar-refractivity contribution in [1.82, 2.24) is 0 Å². The van der Waals surface area contributed by atoms with E-state index in [1.807, 2.05) is 0 Å². The molecule has 0 aliphatic heterocycles. The van der Waals surface area contributed by atoms with Crippen molar-refractivity contribution in [2.24, 2.45) is 88.3 Å². The second-order valence-electron chi connectivity index (χ2n) is 20.1. The van der Waals surface area contributed by atoms with Crippen LogP contribution in [0.1, 0.15) is 169 Å². The van der Waals surface area contributed by atoms with Crippen LogP contribution in [0.2, 0.25) is 0 Å². The normalized spacial score (nSPS) is 46.7. The minimum Gasteiger partial charge on any atom is -0.393 e. The highest BCUT2D eigenvalue weighted by atomic mass is 19.4. The zero-order chi connectivity index (χ0) is 33.5. The van der Waals surface area contributed by atoms with E-state index in [1.165, 1.54) is 83.5 Å². The fraction of sp³-hybridized carbons (Fsp3) is 1.00. The van der Waals surface area contributed by atoms with Crippen molar-refractivity contribution in [3.05, 3.63) is 0 Å². The number of alkyl halides is 3. The molecule has 6 aliphatic carbocycles. The van der Waals surface area contributed by atoms with Crippen LogP contribution in [0.4, 0.5) is 13.2 Å². The molecule has 15 atom stereocenters. The third-order valence-corrected chi connectivity index (χ3v) is 16.1. The average molecular weight is 663 g/mol. The second-order valence-corrected chi connectivity index (χ2v) is 20.1. The standard InChI is InChI=1S/C43H73F3O/c1-27-14-19-35-38(39(35)26-42(4,5)25-27)23-33-18-16-30(21-40(33)43(44,45)46)10-9-13-41(47)34-17-15-28(2)36(24-34)37-22-32-12-8-6-7-11-31(32)20-29(37)3/h27-41,47H,6-26H2,1-5H3. The quantitative estimate of drug-likeness (QED) is 0.274. The van der Waals surface area contributed by atoms with E-state index in [9.17, 15) is 18.3 Å². The summed E-state index contributed by atoms with van der Waals surface area (Å²) in [4.78, 5) is 0. The van der Waals surface area contributed by atoms with Gasteiger partial charge in [0, 0.05) is 0 Å². The predicted molar refractivity (Wildman–Crippen MR) is 189 cm³/mol. The van der Waals surface area contributed by atoms with Crippen LogP contribution >= 0.6 is 0 Å². The molecule has 0 heterocycles. The van der Waals surface area contributed by atoms with Crippen LogP contribution in [0.15, 0.2) is 0 Å². The molecule has 0 spiro atoms. The minimum atomic E-state index is -4.08. The number of aliphatic hydroxyl groups excluding tert-OH is 1. The van der Waals surface area contributed by atoms with E-state index in [1.54, 1.807) is 0 Å². The Morgan fingerprint density at radius 3 is 2.17 bits per heavy atom. The zero-order valence-electron chi connectivity index (χ0n) is 31.1. The van der Waals surface area contributed by atoms with Gasteiger partial charge in [-0.25, -0.2) is 0 Å². The van der Waals surface area contributed by atoms with Crippen molar-refractivity contribution < 1.29 is 18.3 Å². The summed E-state index contributed by atoms with van der Waals surface area (Å²) in [6, 6.07) is 0. The lowest BCUT2D eigenvalue weighted by atomic mass is 9.58. The molecule has 6 saturated carbocycles. The summed E-state index contributed by atoms with van der Waals surface area (Å²) in [7, 11) is 0. The Kier molecular flexibility index (Phi) is 11.8. The molecule has 0 aromatic heterocycles. The molecule has 4 heteroatoms. The monoisotopic (exact) mass is 663 g/mol. The molecule has 0 aromatic carbocycles. The van der Waals surface area contributed by atoms with Crippen molar-refractivity contribution >= 4 is 0 Å². The first-order chi connectivity index (χ1) is 22.3. The average Bonchev–Trinajstić information content (AvgIpc) is 3.69. The smallest absolute Gasteiger partial charge is 0.392 e. The highest BCUT2D eigenvalue weighted by molar-refractivity contribution is 5.03. The van der Waals surface area contributed by atoms with Gasteiger partial charge in [0.05, 0.1) is 12.0 Å². The molecule has 1 nitrogen and oxygen atoms in total. The van der Waals surface area contributed by atoms with E-state index in [-0.39, 0.29) is 17.9 Å². The lowest BCUT2D eigenvalue weighted by molar-refractivity contribution is -0.202. The largest absolute Gasteiger partial charge is 0.393 e. The molecule has 15 unspecified atom stereocenters. The fourth-order valence-corrected chi connectivity index (χ4v) is 13.6. The summed E-state index contributed by atoms with van der Waals surface area (Å²) in [5.74, 6) is 6.91. The van der Waals surface area contributed by atoms with Gasteiger partial charge in [-0.15, -0.1) is 0 Å². The maximum absolute atomic E-state index is 14.5. The van der Waals surface area contributed by atoms with Gasteiger partial charge in [0.25, 0.3) is 0 Å². The molecule has 0 saturated heterocycles. The van der Waals surface area contributed by atoms with E-state index in [2.05, 4.69) is 34.6 Å². The van der Waals surface area contributed by atoms with Crippen molar-refractivity contribution in [1.29, 1.82) is 0 Å². The Morgan fingerprint density at radius 1 is 0.702 bits per heavy atom. The van der Waals surface area contributed by atoms with Gasteiger partial charge in [0.2, 0.25) is 0 Å². The molecular formula is C43H73F3O. The molecular weight excluding hydrogens is 589 g/mol. The molecule has 6 aliphatic rings. The van der Waals surface area contributed by atoms with Gasteiger partial charge < -0.3 is 5.11 Å². The number of fused-ring (bicyclic) bond motifs is 2. The van der Waals surface area contributed by atoms with E-state index in [0.717, 1.165) is 86.4 Å². The first kappa shape index (κ1) is 36.5. The van der Waals surface area contributed by atoms with Gasteiger partial charge in [0.15, 0.2) is 0 Å². The molecule has 6 fully saturated rings. The SMILES string of the molecule is CC1CCC2C(CC3CCC(CCCC(O)C4CCC(C)C(C5CC6CCCCCC6CC5C)C4)CC3C(F)(F)F)C2CC(C)(C)C1. The van der Waals surface area contributed by atoms with Crippen molar-refractivity contribution in [3.63, 3.8) is 0 Å². The summed E-state index contributed by atoms with van der Waals surface area (Å²) in [5.41, 5.74) is 0.326. The van der Waals surface area contributed by atoms with Crippen LogP contribution in [-0.2, 0) is 0 Å². The van der Waals surface area contributed by atoms with Crippen molar-refractivity contribution in [3.8, 4) is 0 Å². The van der Waals surface area contributed by atoms with Crippen molar-refractivity contribution in [2.45, 2.75) is 182 Å². The van der Waals surface area contributed by atoms with E-state index in [4.69, 9.17) is 0 Å². The highest BCUT2D eigenvalue weighted by Crippen LogP contribution is 2.62. The second kappa shape index (κ2) is 15.2. The number of hydrogen-bond acceptors (Lipinski definition) is 1. The molecule has 0 amide bonds. The van der Waals surface area contributed by atoms with E-state index in [0.29, 0.717) is 35.5 Å². The Labute approximate surface area is 287 Å². The molecule has 1 N–H and O–H groups in total. The molecule has 0 radical (unpaired) electrons. The van der Waals surface area contributed by atoms with E-state index < -0.39 is 12.1 Å². The molecule has 272 valence electrons. The highest BCUT2D eigenvalue weighted by Gasteiger charge is 2.55. The molecule has 0 aromatic rings. The van der Waals surface area contributed by atoms with E-state index >= 15 is 0 Å². The molecule has 0 bridgehead atoms. The predicted octanol–water partition coefficient (Wildman–Crippen LogP) is 12.9. The summed E-state index contributed by atoms with van der Waals surface area (Å²) < 4.78 is 43.6. The van der Waals surface area contributed by atoms with Gasteiger partial charge in [0.1, 0.15) is 0 Å². The van der Waals surface area contributed by atoms with Crippen molar-refractivity contribution in [2.75, 3.05) is 0 Å². The Bertz CT molecular complexity index is 990. The summed E-state index contributed by atoms with van der Waals surface area (Å²) in [6.45, 7) is 12.2. The maximum atomic E-state index is 14.5. The Balaban J connectivity index is 0.973. The van der Waals surface area contributed by atoms with Crippen LogP contribution in [0.5, 0.6) is 0 Å². The lowest BCUT2D eigenvalue weighted by Crippen LogP contribution is -2.40. The summed E-state index contributed by atoms with van der Waals surface area (Å²) >= 11 is 0. The number of rotatable bonds is 8. The number of hydrogen-bond donors (Lipinski definition) is 1. The zero-order valence-corrected chi connectivity index (χ0v) is 31.1. The topological polar surface area (TPSA) is 20.2 Å². The summed E-state index contributed by atoms with van der Waals surface area (Å²) in [6.07, 6.45) is 19.6. The molecule has 47 heavy (non-hydrogen) atoms. The number of halogens is 3. The first-order valence-corrected chi connectivity index (χ1v) is 21.0. The van der Waals surface area contributed by atoms with Crippen LogP contribution in [0.25, 0.3) is 0 Å². The van der Waals surface area contributed by atoms with Gasteiger partial charge >= 0.3 is 6.18 Å². The summed E-state index contributed by atoms with van der Waals surface area (Å²) in [5, 5.41) is 11.4. The minimum absolute atomic E-state index is 0.174. The van der Waals surface area contributed by atoms with Gasteiger partial charge in [-0.1, -0.05) is 98.8 Å². The van der Waals surface area contributed by atoms with Gasteiger partial charge in [-0.3, -0.25) is 0 Å². The molecule has 6 rings (SSSR count). The van der Waals surface area contributed by atoms with Gasteiger partial charge in [-0.2, -0.15) is 13.2 Å². The van der Waals surface area contributed by atoms with Crippen LogP contribution in [0.3, 0.4) is 0 Å². The third-order valence-electron chi connectivity index (χ3n) is 16.1. The fourth-order valence-electron chi connectivity index (χ4n) is 13.6.